The van der Waals surface area contributed by atoms with Crippen molar-refractivity contribution in [2.45, 2.75) is 71.2 Å². The van der Waals surface area contributed by atoms with Gasteiger partial charge in [-0.1, -0.05) is 0 Å². The minimum Gasteiger partial charge on any atom is -0.444 e. The molecule has 1 aliphatic rings. The number of aromatic nitrogens is 1. The van der Waals surface area contributed by atoms with E-state index in [0.717, 1.165) is 31.5 Å². The Labute approximate surface area is 130 Å². The quantitative estimate of drug-likeness (QED) is 0.897. The van der Waals surface area contributed by atoms with Crippen molar-refractivity contribution in [3.8, 4) is 0 Å². The molecule has 1 saturated carbocycles. The number of carbonyl (C=O) groups is 1. The lowest BCUT2D eigenvalue weighted by molar-refractivity contribution is 0.0505. The first-order chi connectivity index (χ1) is 9.83. The molecule has 6 heteroatoms. The molecule has 0 aromatic carbocycles. The van der Waals surface area contributed by atoms with E-state index in [1.165, 1.54) is 4.88 Å². The first kappa shape index (κ1) is 16.2. The van der Waals surface area contributed by atoms with Crippen molar-refractivity contribution in [3.63, 3.8) is 0 Å². The van der Waals surface area contributed by atoms with Crippen LogP contribution in [0.25, 0.3) is 0 Å². The predicted octanol–water partition coefficient (Wildman–Crippen LogP) is 2.99. The van der Waals surface area contributed by atoms with Gasteiger partial charge in [0, 0.05) is 23.5 Å². The third-order valence-electron chi connectivity index (χ3n) is 3.55. The number of carbonyl (C=O) groups excluding carboxylic acids is 1. The number of thiazole rings is 1. The van der Waals surface area contributed by atoms with E-state index < -0.39 is 5.60 Å². The van der Waals surface area contributed by atoms with Gasteiger partial charge in [0.2, 0.25) is 0 Å². The third-order valence-corrected chi connectivity index (χ3v) is 4.48. The van der Waals surface area contributed by atoms with Crippen LogP contribution in [0.4, 0.5) is 4.79 Å². The fourth-order valence-electron chi connectivity index (χ4n) is 2.51. The number of nitrogens with zero attached hydrogens (tertiary/aromatic N) is 1. The standard InChI is InChI=1S/C15H25N3O2S/c1-10-13(21-9-17-10)8-16-11-5-6-12(7-11)18-14(19)20-15(2,3)4/h9,11-12,16H,5-8H2,1-4H3,(H,18,19). The summed E-state index contributed by atoms with van der Waals surface area (Å²) in [5.74, 6) is 0. The summed E-state index contributed by atoms with van der Waals surface area (Å²) in [5.41, 5.74) is 2.55. The molecule has 0 saturated heterocycles. The van der Waals surface area contributed by atoms with Crippen molar-refractivity contribution in [1.82, 2.24) is 15.6 Å². The SMILES string of the molecule is Cc1ncsc1CNC1CCC(NC(=O)OC(C)(C)C)C1. The normalized spacial score (nSPS) is 22.3. The Bertz CT molecular complexity index is 482. The highest BCUT2D eigenvalue weighted by Gasteiger charge is 2.27. The Morgan fingerprint density at radius 1 is 1.43 bits per heavy atom. The molecule has 2 atom stereocenters. The van der Waals surface area contributed by atoms with Crippen LogP contribution in [0, 0.1) is 6.92 Å². The number of amides is 1. The van der Waals surface area contributed by atoms with Gasteiger partial charge in [0.1, 0.15) is 5.60 Å². The Morgan fingerprint density at radius 3 is 2.76 bits per heavy atom. The first-order valence-corrected chi connectivity index (χ1v) is 8.33. The highest BCUT2D eigenvalue weighted by molar-refractivity contribution is 7.09. The van der Waals surface area contributed by atoms with Gasteiger partial charge in [0.25, 0.3) is 0 Å². The van der Waals surface area contributed by atoms with Crippen LogP contribution in [-0.2, 0) is 11.3 Å². The lowest BCUT2D eigenvalue weighted by Crippen LogP contribution is -2.38. The number of rotatable bonds is 4. The molecular weight excluding hydrogens is 286 g/mol. The smallest absolute Gasteiger partial charge is 0.407 e. The van der Waals surface area contributed by atoms with E-state index in [9.17, 15) is 4.79 Å². The van der Waals surface area contributed by atoms with Crippen molar-refractivity contribution in [3.05, 3.63) is 16.1 Å². The molecule has 1 aromatic rings. The van der Waals surface area contributed by atoms with Gasteiger partial charge < -0.3 is 15.4 Å². The van der Waals surface area contributed by atoms with Crippen molar-refractivity contribution < 1.29 is 9.53 Å². The van der Waals surface area contributed by atoms with Crippen LogP contribution in [0.1, 0.15) is 50.6 Å². The minimum absolute atomic E-state index is 0.208. The zero-order chi connectivity index (χ0) is 15.5. The molecule has 2 unspecified atom stereocenters. The summed E-state index contributed by atoms with van der Waals surface area (Å²) < 4.78 is 5.29. The second-order valence-electron chi connectivity index (χ2n) is 6.59. The van der Waals surface area contributed by atoms with Crippen LogP contribution >= 0.6 is 11.3 Å². The Morgan fingerprint density at radius 2 is 2.14 bits per heavy atom. The molecular formula is C15H25N3O2S. The lowest BCUT2D eigenvalue weighted by atomic mass is 10.2. The van der Waals surface area contributed by atoms with Gasteiger partial charge in [-0.15, -0.1) is 11.3 Å². The van der Waals surface area contributed by atoms with Crippen LogP contribution in [-0.4, -0.2) is 28.8 Å². The predicted molar refractivity (Wildman–Crippen MR) is 84.5 cm³/mol. The summed E-state index contributed by atoms with van der Waals surface area (Å²) >= 11 is 1.69. The maximum Gasteiger partial charge on any atom is 0.407 e. The van der Waals surface area contributed by atoms with Crippen molar-refractivity contribution in [2.24, 2.45) is 0 Å². The molecule has 1 aromatic heterocycles. The van der Waals surface area contributed by atoms with Crippen LogP contribution < -0.4 is 10.6 Å². The molecule has 118 valence electrons. The van der Waals surface area contributed by atoms with Crippen LogP contribution in [0.15, 0.2) is 5.51 Å². The van der Waals surface area contributed by atoms with Gasteiger partial charge in [0.15, 0.2) is 0 Å². The van der Waals surface area contributed by atoms with Gasteiger partial charge in [-0.25, -0.2) is 9.78 Å². The number of hydrogen-bond donors (Lipinski definition) is 2. The highest BCUT2D eigenvalue weighted by Crippen LogP contribution is 2.21. The fraction of sp³-hybridized carbons (Fsp3) is 0.733. The molecule has 21 heavy (non-hydrogen) atoms. The molecule has 5 nitrogen and oxygen atoms in total. The maximum atomic E-state index is 11.8. The topological polar surface area (TPSA) is 63.2 Å². The molecule has 2 rings (SSSR count). The summed E-state index contributed by atoms with van der Waals surface area (Å²) in [6, 6.07) is 0.659. The third kappa shape index (κ3) is 5.28. The van der Waals surface area contributed by atoms with Gasteiger partial charge in [-0.2, -0.15) is 0 Å². The molecule has 2 N–H and O–H groups in total. The number of nitrogens with one attached hydrogen (secondary N) is 2. The molecule has 0 radical (unpaired) electrons. The monoisotopic (exact) mass is 311 g/mol. The molecule has 0 spiro atoms. The summed E-state index contributed by atoms with van der Waals surface area (Å²) in [6.07, 6.45) is 2.72. The molecule has 1 heterocycles. The van der Waals surface area contributed by atoms with E-state index in [-0.39, 0.29) is 12.1 Å². The van der Waals surface area contributed by atoms with Gasteiger partial charge >= 0.3 is 6.09 Å². The zero-order valence-corrected chi connectivity index (χ0v) is 14.0. The largest absolute Gasteiger partial charge is 0.444 e. The molecule has 0 aliphatic heterocycles. The minimum atomic E-state index is -0.440. The molecule has 0 bridgehead atoms. The van der Waals surface area contributed by atoms with E-state index in [0.29, 0.717) is 6.04 Å². The van der Waals surface area contributed by atoms with Crippen LogP contribution in [0.5, 0.6) is 0 Å². The van der Waals surface area contributed by atoms with Gasteiger partial charge in [-0.3, -0.25) is 0 Å². The van der Waals surface area contributed by atoms with E-state index in [4.69, 9.17) is 4.74 Å². The summed E-state index contributed by atoms with van der Waals surface area (Å²) in [5, 5.41) is 6.51. The number of ether oxygens (including phenoxy) is 1. The molecule has 1 amide bonds. The maximum absolute atomic E-state index is 11.8. The number of hydrogen-bond acceptors (Lipinski definition) is 5. The Balaban J connectivity index is 1.71. The first-order valence-electron chi connectivity index (χ1n) is 7.45. The van der Waals surface area contributed by atoms with E-state index >= 15 is 0 Å². The summed E-state index contributed by atoms with van der Waals surface area (Å²) in [7, 11) is 0. The average molecular weight is 311 g/mol. The fourth-order valence-corrected chi connectivity index (χ4v) is 3.23. The van der Waals surface area contributed by atoms with Crippen LogP contribution in [0.3, 0.4) is 0 Å². The van der Waals surface area contributed by atoms with E-state index in [1.807, 2.05) is 33.2 Å². The number of alkyl carbamates (subject to hydrolysis) is 1. The zero-order valence-electron chi connectivity index (χ0n) is 13.2. The van der Waals surface area contributed by atoms with Gasteiger partial charge in [-0.05, 0) is 47.0 Å². The lowest BCUT2D eigenvalue weighted by Gasteiger charge is -2.21. The van der Waals surface area contributed by atoms with Crippen molar-refractivity contribution in [1.29, 1.82) is 0 Å². The van der Waals surface area contributed by atoms with Crippen molar-refractivity contribution in [2.75, 3.05) is 0 Å². The highest BCUT2D eigenvalue weighted by atomic mass is 32.1. The van der Waals surface area contributed by atoms with Gasteiger partial charge in [0.05, 0.1) is 11.2 Å². The number of aryl methyl sites for hydroxylation is 1. The molecule has 1 aliphatic carbocycles. The Kier molecular flexibility index (Phi) is 5.22. The average Bonchev–Trinajstić information content (AvgIpc) is 2.93. The van der Waals surface area contributed by atoms with E-state index in [1.54, 1.807) is 11.3 Å². The second-order valence-corrected chi connectivity index (χ2v) is 7.53. The molecule has 1 fully saturated rings. The summed E-state index contributed by atoms with van der Waals surface area (Å²) in [6.45, 7) is 8.53. The van der Waals surface area contributed by atoms with Crippen molar-refractivity contribution >= 4 is 17.4 Å². The second kappa shape index (κ2) is 6.75. The Hall–Kier alpha value is -1.14. The summed E-state index contributed by atoms with van der Waals surface area (Å²) in [4.78, 5) is 17.3. The van der Waals surface area contributed by atoms with E-state index in [2.05, 4.69) is 15.6 Å². The van der Waals surface area contributed by atoms with Crippen LogP contribution in [0.2, 0.25) is 0 Å².